The van der Waals surface area contributed by atoms with Crippen LogP contribution >= 0.6 is 0 Å². The minimum absolute atomic E-state index is 0.0161. The van der Waals surface area contributed by atoms with Gasteiger partial charge in [0, 0.05) is 33.1 Å². The molecule has 0 spiro atoms. The molecule has 2 rings (SSSR count). The van der Waals surface area contributed by atoms with Gasteiger partial charge in [-0.3, -0.25) is 4.79 Å². The van der Waals surface area contributed by atoms with E-state index in [0.717, 1.165) is 5.56 Å². The highest BCUT2D eigenvalue weighted by molar-refractivity contribution is 5.91. The molecule has 24 heavy (non-hydrogen) atoms. The topological polar surface area (TPSA) is 61.9 Å². The zero-order chi connectivity index (χ0) is 17.7. The number of carbonyl (C=O) groups excluding carboxylic acids is 2. The molecular weight excluding hydrogens is 306 g/mol. The van der Waals surface area contributed by atoms with Crippen LogP contribution in [0.5, 0.6) is 5.75 Å². The Kier molecular flexibility index (Phi) is 6.06. The first-order valence-corrected chi connectivity index (χ1v) is 8.43. The van der Waals surface area contributed by atoms with Gasteiger partial charge in [-0.1, -0.05) is 6.07 Å². The van der Waals surface area contributed by atoms with Gasteiger partial charge in [0.25, 0.3) is 0 Å². The van der Waals surface area contributed by atoms with Crippen molar-refractivity contribution >= 4 is 17.6 Å². The Morgan fingerprint density at radius 3 is 2.54 bits per heavy atom. The van der Waals surface area contributed by atoms with Crippen LogP contribution in [0.3, 0.4) is 0 Å². The molecule has 0 radical (unpaired) electrons. The molecule has 1 aliphatic heterocycles. The van der Waals surface area contributed by atoms with Crippen molar-refractivity contribution in [3.05, 3.63) is 23.8 Å². The van der Waals surface area contributed by atoms with Gasteiger partial charge in [-0.2, -0.15) is 0 Å². The van der Waals surface area contributed by atoms with Crippen LogP contribution in [0.4, 0.5) is 10.5 Å². The van der Waals surface area contributed by atoms with E-state index in [1.54, 1.807) is 23.9 Å². The summed E-state index contributed by atoms with van der Waals surface area (Å²) in [4.78, 5) is 27.9. The molecule has 1 N–H and O–H groups in total. The predicted molar refractivity (Wildman–Crippen MR) is 94.4 cm³/mol. The van der Waals surface area contributed by atoms with Crippen molar-refractivity contribution in [2.75, 3.05) is 39.1 Å². The van der Waals surface area contributed by atoms with Crippen LogP contribution in [0.15, 0.2) is 18.2 Å². The van der Waals surface area contributed by atoms with Gasteiger partial charge >= 0.3 is 6.03 Å². The molecule has 132 valence electrons. The van der Waals surface area contributed by atoms with Crippen LogP contribution in [0, 0.1) is 12.8 Å². The van der Waals surface area contributed by atoms with Crippen molar-refractivity contribution in [3.63, 3.8) is 0 Å². The lowest BCUT2D eigenvalue weighted by Crippen LogP contribution is -2.44. The SMILES string of the molecule is CCOc1cc(C)ccc1NC(=O)N1CCC(C(=O)N(C)C)CC1. The maximum absolute atomic E-state index is 12.5. The Balaban J connectivity index is 1.96. The van der Waals surface area contributed by atoms with E-state index in [-0.39, 0.29) is 17.9 Å². The number of carbonyl (C=O) groups is 2. The number of urea groups is 1. The fraction of sp³-hybridized carbons (Fsp3) is 0.556. The molecule has 1 saturated heterocycles. The van der Waals surface area contributed by atoms with Gasteiger partial charge in [0.1, 0.15) is 5.75 Å². The maximum Gasteiger partial charge on any atom is 0.321 e. The first-order valence-electron chi connectivity index (χ1n) is 8.43. The molecule has 0 saturated carbocycles. The molecule has 1 aromatic carbocycles. The normalized spacial score (nSPS) is 15.1. The summed E-state index contributed by atoms with van der Waals surface area (Å²) in [5.41, 5.74) is 1.76. The smallest absolute Gasteiger partial charge is 0.321 e. The van der Waals surface area contributed by atoms with Crippen LogP contribution in [0.25, 0.3) is 0 Å². The van der Waals surface area contributed by atoms with E-state index in [0.29, 0.717) is 44.0 Å². The van der Waals surface area contributed by atoms with Crippen molar-refractivity contribution in [1.82, 2.24) is 9.80 Å². The Morgan fingerprint density at radius 2 is 1.96 bits per heavy atom. The van der Waals surface area contributed by atoms with Gasteiger partial charge < -0.3 is 19.9 Å². The number of aryl methyl sites for hydroxylation is 1. The highest BCUT2D eigenvalue weighted by atomic mass is 16.5. The molecular formula is C18H27N3O3. The Labute approximate surface area is 143 Å². The van der Waals surface area contributed by atoms with Crippen molar-refractivity contribution < 1.29 is 14.3 Å². The predicted octanol–water partition coefficient (Wildman–Crippen LogP) is 2.73. The summed E-state index contributed by atoms with van der Waals surface area (Å²) >= 11 is 0. The number of anilines is 1. The average Bonchev–Trinajstić information content (AvgIpc) is 2.57. The minimum atomic E-state index is -0.143. The standard InChI is InChI=1S/C18H27N3O3/c1-5-24-16-12-13(2)6-7-15(16)19-18(23)21-10-8-14(9-11-21)17(22)20(3)4/h6-7,12,14H,5,8-11H2,1-4H3,(H,19,23). The van der Waals surface area contributed by atoms with Gasteiger partial charge in [-0.25, -0.2) is 4.79 Å². The molecule has 1 heterocycles. The summed E-state index contributed by atoms with van der Waals surface area (Å²) in [7, 11) is 3.54. The Morgan fingerprint density at radius 1 is 1.29 bits per heavy atom. The summed E-state index contributed by atoms with van der Waals surface area (Å²) in [6, 6.07) is 5.58. The third kappa shape index (κ3) is 4.40. The fourth-order valence-electron chi connectivity index (χ4n) is 2.90. The van der Waals surface area contributed by atoms with Gasteiger partial charge in [0.15, 0.2) is 0 Å². The van der Waals surface area contributed by atoms with E-state index in [9.17, 15) is 9.59 Å². The van der Waals surface area contributed by atoms with Crippen molar-refractivity contribution in [3.8, 4) is 5.75 Å². The third-order valence-corrected chi connectivity index (χ3v) is 4.25. The van der Waals surface area contributed by atoms with Gasteiger partial charge in [-0.05, 0) is 44.4 Å². The van der Waals surface area contributed by atoms with Gasteiger partial charge in [0.2, 0.25) is 5.91 Å². The number of hydrogen-bond acceptors (Lipinski definition) is 3. The second-order valence-corrected chi connectivity index (χ2v) is 6.36. The number of hydrogen-bond donors (Lipinski definition) is 1. The van der Waals surface area contributed by atoms with Crippen LogP contribution in [0.1, 0.15) is 25.3 Å². The van der Waals surface area contributed by atoms with Gasteiger partial charge in [-0.15, -0.1) is 0 Å². The average molecular weight is 333 g/mol. The molecule has 0 aromatic heterocycles. The molecule has 1 aromatic rings. The molecule has 0 bridgehead atoms. The van der Waals surface area contributed by atoms with E-state index in [1.807, 2.05) is 32.0 Å². The first-order chi connectivity index (χ1) is 11.4. The van der Waals surface area contributed by atoms with Gasteiger partial charge in [0.05, 0.1) is 12.3 Å². The van der Waals surface area contributed by atoms with E-state index in [2.05, 4.69) is 5.32 Å². The zero-order valence-electron chi connectivity index (χ0n) is 15.0. The second kappa shape index (κ2) is 8.04. The summed E-state index contributed by atoms with van der Waals surface area (Å²) < 4.78 is 5.60. The summed E-state index contributed by atoms with van der Waals surface area (Å²) in [5.74, 6) is 0.846. The van der Waals surface area contributed by atoms with E-state index >= 15 is 0 Å². The highest BCUT2D eigenvalue weighted by Gasteiger charge is 2.28. The van der Waals surface area contributed by atoms with Crippen molar-refractivity contribution in [2.24, 2.45) is 5.92 Å². The number of benzene rings is 1. The monoisotopic (exact) mass is 333 g/mol. The molecule has 6 nitrogen and oxygen atoms in total. The van der Waals surface area contributed by atoms with Crippen LogP contribution < -0.4 is 10.1 Å². The lowest BCUT2D eigenvalue weighted by molar-refractivity contribution is -0.134. The second-order valence-electron chi connectivity index (χ2n) is 6.36. The molecule has 3 amide bonds. The number of rotatable bonds is 4. The Bertz CT molecular complexity index is 593. The van der Waals surface area contributed by atoms with Crippen LogP contribution in [-0.4, -0.2) is 55.5 Å². The van der Waals surface area contributed by atoms with Crippen molar-refractivity contribution in [1.29, 1.82) is 0 Å². The molecule has 0 aliphatic carbocycles. The first kappa shape index (κ1) is 18.1. The third-order valence-electron chi connectivity index (χ3n) is 4.25. The number of nitrogens with one attached hydrogen (secondary N) is 1. The molecule has 6 heteroatoms. The summed E-state index contributed by atoms with van der Waals surface area (Å²) in [6.07, 6.45) is 1.41. The largest absolute Gasteiger partial charge is 0.492 e. The maximum atomic E-state index is 12.5. The number of ether oxygens (including phenoxy) is 1. The van der Waals surface area contributed by atoms with E-state index < -0.39 is 0 Å². The zero-order valence-corrected chi connectivity index (χ0v) is 15.0. The lowest BCUT2D eigenvalue weighted by atomic mass is 9.96. The van der Waals surface area contributed by atoms with Crippen LogP contribution in [-0.2, 0) is 4.79 Å². The number of nitrogens with zero attached hydrogens (tertiary/aromatic N) is 2. The summed E-state index contributed by atoms with van der Waals surface area (Å²) in [5, 5.41) is 2.93. The highest BCUT2D eigenvalue weighted by Crippen LogP contribution is 2.27. The quantitative estimate of drug-likeness (QED) is 0.921. The number of piperidine rings is 1. The Hall–Kier alpha value is -2.24. The lowest BCUT2D eigenvalue weighted by Gasteiger charge is -2.32. The molecule has 0 atom stereocenters. The van der Waals surface area contributed by atoms with E-state index in [1.165, 1.54) is 0 Å². The molecule has 1 fully saturated rings. The summed E-state index contributed by atoms with van der Waals surface area (Å²) in [6.45, 7) is 5.63. The fourth-order valence-corrected chi connectivity index (χ4v) is 2.90. The van der Waals surface area contributed by atoms with Crippen molar-refractivity contribution in [2.45, 2.75) is 26.7 Å². The van der Waals surface area contributed by atoms with E-state index in [4.69, 9.17) is 4.74 Å². The van der Waals surface area contributed by atoms with Crippen LogP contribution in [0.2, 0.25) is 0 Å². The molecule has 0 unspecified atom stereocenters. The number of likely N-dealkylation sites (tertiary alicyclic amines) is 1. The number of amides is 3. The molecule has 1 aliphatic rings. The minimum Gasteiger partial charge on any atom is -0.492 e.